The zero-order chi connectivity index (χ0) is 14.6. The first kappa shape index (κ1) is 15.5. The van der Waals surface area contributed by atoms with Crippen molar-refractivity contribution in [2.75, 3.05) is 11.9 Å². The minimum Gasteiger partial charge on any atom is -0.392 e. The van der Waals surface area contributed by atoms with Gasteiger partial charge in [-0.3, -0.25) is 4.79 Å². The molecular weight excluding hydrogens is 275 g/mol. The topological polar surface area (TPSA) is 95.5 Å². The predicted octanol–water partition coefficient (Wildman–Crippen LogP) is 0.443. The van der Waals surface area contributed by atoms with Crippen molar-refractivity contribution in [3.63, 3.8) is 0 Å². The normalized spacial score (nSPS) is 13.1. The van der Waals surface area contributed by atoms with Crippen LogP contribution in [-0.2, 0) is 14.8 Å². The second-order valence-corrected chi connectivity index (χ2v) is 5.76. The molecule has 0 bridgehead atoms. The van der Waals surface area contributed by atoms with E-state index in [9.17, 15) is 17.6 Å². The fourth-order valence-electron chi connectivity index (χ4n) is 1.31. The summed E-state index contributed by atoms with van der Waals surface area (Å²) in [6.45, 7) is 2.45. The molecule has 0 aromatic heterocycles. The fraction of sp³-hybridized carbons (Fsp3) is 0.364. The van der Waals surface area contributed by atoms with E-state index in [2.05, 4.69) is 10.0 Å². The van der Waals surface area contributed by atoms with Crippen molar-refractivity contribution in [2.45, 2.75) is 24.8 Å². The van der Waals surface area contributed by atoms with Gasteiger partial charge >= 0.3 is 0 Å². The first-order valence-electron chi connectivity index (χ1n) is 5.47. The summed E-state index contributed by atoms with van der Waals surface area (Å²) >= 11 is 0. The maximum Gasteiger partial charge on any atom is 0.243 e. The Morgan fingerprint density at radius 2 is 2.11 bits per heavy atom. The van der Waals surface area contributed by atoms with Gasteiger partial charge in [-0.1, -0.05) is 0 Å². The van der Waals surface area contributed by atoms with Crippen LogP contribution < -0.4 is 10.0 Å². The van der Waals surface area contributed by atoms with Gasteiger partial charge in [-0.2, -0.15) is 0 Å². The Balaban J connectivity index is 2.98. The smallest absolute Gasteiger partial charge is 0.243 e. The molecule has 0 radical (unpaired) electrons. The number of benzene rings is 1. The number of aliphatic hydroxyl groups excluding tert-OH is 1. The molecule has 6 nitrogen and oxygen atoms in total. The Morgan fingerprint density at radius 3 is 2.58 bits per heavy atom. The first-order chi connectivity index (χ1) is 8.72. The van der Waals surface area contributed by atoms with Gasteiger partial charge in [0.15, 0.2) is 0 Å². The van der Waals surface area contributed by atoms with Crippen LogP contribution in [0.1, 0.15) is 13.8 Å². The summed E-state index contributed by atoms with van der Waals surface area (Å²) in [5.41, 5.74) is 0.166. The highest BCUT2D eigenvalue weighted by Gasteiger charge is 2.19. The number of rotatable bonds is 5. The largest absolute Gasteiger partial charge is 0.392 e. The van der Waals surface area contributed by atoms with Gasteiger partial charge in [-0.05, 0) is 25.1 Å². The molecule has 1 rings (SSSR count). The van der Waals surface area contributed by atoms with Gasteiger partial charge in [-0.15, -0.1) is 0 Å². The van der Waals surface area contributed by atoms with Crippen LogP contribution in [-0.4, -0.2) is 32.1 Å². The van der Waals surface area contributed by atoms with Crippen molar-refractivity contribution in [3.8, 4) is 0 Å². The molecule has 1 amide bonds. The van der Waals surface area contributed by atoms with Crippen molar-refractivity contribution in [3.05, 3.63) is 24.0 Å². The molecule has 0 aliphatic heterocycles. The Kier molecular flexibility index (Phi) is 4.98. The Morgan fingerprint density at radius 1 is 1.47 bits per heavy atom. The molecule has 0 fully saturated rings. The van der Waals surface area contributed by atoms with Crippen molar-refractivity contribution in [1.29, 1.82) is 0 Å². The van der Waals surface area contributed by atoms with Gasteiger partial charge in [-0.25, -0.2) is 17.5 Å². The number of sulfonamides is 1. The van der Waals surface area contributed by atoms with Crippen molar-refractivity contribution < 1.29 is 22.7 Å². The minimum absolute atomic E-state index is 0.166. The van der Waals surface area contributed by atoms with E-state index in [1.165, 1.54) is 19.9 Å². The molecule has 0 saturated heterocycles. The third kappa shape index (κ3) is 4.58. The van der Waals surface area contributed by atoms with Crippen LogP contribution in [0.4, 0.5) is 10.1 Å². The molecule has 1 atom stereocenters. The van der Waals surface area contributed by atoms with Crippen molar-refractivity contribution >= 4 is 21.6 Å². The molecule has 0 unspecified atom stereocenters. The summed E-state index contributed by atoms with van der Waals surface area (Å²) < 4.78 is 39.2. The number of carbonyl (C=O) groups excluding carboxylic acids is 1. The van der Waals surface area contributed by atoms with Crippen LogP contribution in [0.15, 0.2) is 23.1 Å². The van der Waals surface area contributed by atoms with Crippen LogP contribution in [0.3, 0.4) is 0 Å². The molecule has 3 N–H and O–H groups in total. The van der Waals surface area contributed by atoms with Gasteiger partial charge in [0.2, 0.25) is 15.9 Å². The third-order valence-electron chi connectivity index (χ3n) is 2.11. The van der Waals surface area contributed by atoms with Gasteiger partial charge < -0.3 is 10.4 Å². The molecule has 0 saturated carbocycles. The highest BCUT2D eigenvalue weighted by atomic mass is 32.2. The van der Waals surface area contributed by atoms with Crippen LogP contribution in [0.5, 0.6) is 0 Å². The van der Waals surface area contributed by atoms with Crippen LogP contribution in [0.25, 0.3) is 0 Å². The number of amides is 1. The quantitative estimate of drug-likeness (QED) is 0.733. The highest BCUT2D eigenvalue weighted by molar-refractivity contribution is 7.89. The van der Waals surface area contributed by atoms with Gasteiger partial charge in [0.1, 0.15) is 10.7 Å². The zero-order valence-corrected chi connectivity index (χ0v) is 11.3. The summed E-state index contributed by atoms with van der Waals surface area (Å²) in [6, 6.07) is 3.24. The van der Waals surface area contributed by atoms with Crippen LogP contribution in [0.2, 0.25) is 0 Å². The summed E-state index contributed by atoms with van der Waals surface area (Å²) in [4.78, 5) is 10.3. The number of anilines is 1. The van der Waals surface area contributed by atoms with Crippen molar-refractivity contribution in [1.82, 2.24) is 4.72 Å². The predicted molar refractivity (Wildman–Crippen MR) is 67.6 cm³/mol. The molecule has 1 aromatic carbocycles. The highest BCUT2D eigenvalue weighted by Crippen LogP contribution is 2.18. The van der Waals surface area contributed by atoms with E-state index >= 15 is 0 Å². The summed E-state index contributed by atoms with van der Waals surface area (Å²) in [5, 5.41) is 11.3. The number of hydrogen-bond donors (Lipinski definition) is 3. The summed E-state index contributed by atoms with van der Waals surface area (Å²) in [7, 11) is -4.03. The SMILES string of the molecule is CC(=O)Nc1ccc(S(=O)(=O)NC[C@@H](C)O)c(F)c1. The van der Waals surface area contributed by atoms with E-state index in [0.29, 0.717) is 0 Å². The van der Waals surface area contributed by atoms with E-state index in [-0.39, 0.29) is 18.1 Å². The van der Waals surface area contributed by atoms with Gasteiger partial charge in [0.05, 0.1) is 6.10 Å². The Hall–Kier alpha value is -1.51. The zero-order valence-electron chi connectivity index (χ0n) is 10.5. The Bertz CT molecular complexity index is 572. The monoisotopic (exact) mass is 290 g/mol. The number of carbonyl (C=O) groups is 1. The molecule has 106 valence electrons. The second-order valence-electron chi connectivity index (χ2n) is 4.03. The lowest BCUT2D eigenvalue weighted by Crippen LogP contribution is -2.31. The molecule has 1 aromatic rings. The van der Waals surface area contributed by atoms with E-state index in [0.717, 1.165) is 12.1 Å². The van der Waals surface area contributed by atoms with E-state index in [1.807, 2.05) is 0 Å². The van der Waals surface area contributed by atoms with Crippen LogP contribution in [0, 0.1) is 5.82 Å². The average Bonchev–Trinajstić information content (AvgIpc) is 2.25. The summed E-state index contributed by atoms with van der Waals surface area (Å²) in [5.74, 6) is -1.37. The van der Waals surface area contributed by atoms with E-state index in [4.69, 9.17) is 5.11 Å². The summed E-state index contributed by atoms with van der Waals surface area (Å²) in [6.07, 6.45) is -0.878. The number of hydrogen-bond acceptors (Lipinski definition) is 4. The number of aliphatic hydroxyl groups is 1. The molecule has 0 aliphatic rings. The minimum atomic E-state index is -4.03. The van der Waals surface area contributed by atoms with Gasteiger partial charge in [0, 0.05) is 19.2 Å². The Labute approximate surface area is 110 Å². The fourth-order valence-corrected chi connectivity index (χ4v) is 2.49. The van der Waals surface area contributed by atoms with Gasteiger partial charge in [0.25, 0.3) is 0 Å². The molecule has 8 heteroatoms. The van der Waals surface area contributed by atoms with Crippen LogP contribution >= 0.6 is 0 Å². The lowest BCUT2D eigenvalue weighted by Gasteiger charge is -2.10. The molecule has 0 heterocycles. The third-order valence-corrected chi connectivity index (χ3v) is 3.57. The average molecular weight is 290 g/mol. The molecule has 0 aliphatic carbocycles. The maximum atomic E-state index is 13.7. The van der Waals surface area contributed by atoms with E-state index < -0.39 is 26.8 Å². The maximum absolute atomic E-state index is 13.7. The number of halogens is 1. The molecule has 0 spiro atoms. The lowest BCUT2D eigenvalue weighted by molar-refractivity contribution is -0.114. The van der Waals surface area contributed by atoms with E-state index in [1.54, 1.807) is 0 Å². The van der Waals surface area contributed by atoms with Crippen molar-refractivity contribution in [2.24, 2.45) is 0 Å². The molecular formula is C11H15FN2O4S. The first-order valence-corrected chi connectivity index (χ1v) is 6.95. The molecule has 19 heavy (non-hydrogen) atoms. The second kappa shape index (κ2) is 6.09. The lowest BCUT2D eigenvalue weighted by atomic mass is 10.3. The number of nitrogens with one attached hydrogen (secondary N) is 2. The standard InChI is InChI=1S/C11H15FN2O4S/c1-7(15)6-13-19(17,18)11-4-3-9(5-10(11)12)14-8(2)16/h3-5,7,13,15H,6H2,1-2H3,(H,14,16)/t7-/m1/s1.